The largest absolute Gasteiger partial charge is 0.370 e. The molecule has 0 aliphatic carbocycles. The fourth-order valence-electron chi connectivity index (χ4n) is 2.52. The molecule has 2 heterocycles. The summed E-state index contributed by atoms with van der Waals surface area (Å²) in [6.07, 6.45) is 2.86. The maximum absolute atomic E-state index is 12.6. The van der Waals surface area contributed by atoms with Gasteiger partial charge >= 0.3 is 0 Å². The minimum absolute atomic E-state index is 0.0211. The average Bonchev–Trinajstić information content (AvgIpc) is 3.09. The van der Waals surface area contributed by atoms with Crippen LogP contribution in [0.2, 0.25) is 5.02 Å². The van der Waals surface area contributed by atoms with E-state index in [0.717, 1.165) is 5.56 Å². The molecule has 2 aromatic rings. The molecule has 1 fully saturated rings. The van der Waals surface area contributed by atoms with E-state index in [0.29, 0.717) is 24.7 Å². The Kier molecular flexibility index (Phi) is 4.40. The number of morpholine rings is 1. The van der Waals surface area contributed by atoms with Gasteiger partial charge in [-0.1, -0.05) is 23.7 Å². The molecule has 1 aliphatic rings. The van der Waals surface area contributed by atoms with Crippen LogP contribution in [0.15, 0.2) is 36.9 Å². The van der Waals surface area contributed by atoms with Crippen LogP contribution in [0.3, 0.4) is 0 Å². The van der Waals surface area contributed by atoms with Crippen molar-refractivity contribution in [2.24, 2.45) is 0 Å². The van der Waals surface area contributed by atoms with Gasteiger partial charge < -0.3 is 9.64 Å². The van der Waals surface area contributed by atoms with Crippen LogP contribution >= 0.6 is 11.6 Å². The van der Waals surface area contributed by atoms with E-state index in [-0.39, 0.29) is 18.1 Å². The average molecular weight is 321 g/mol. The van der Waals surface area contributed by atoms with E-state index in [1.807, 2.05) is 36.1 Å². The van der Waals surface area contributed by atoms with Gasteiger partial charge in [0, 0.05) is 11.6 Å². The van der Waals surface area contributed by atoms with E-state index in [4.69, 9.17) is 16.3 Å². The third-order valence-electron chi connectivity index (χ3n) is 3.81. The molecule has 0 N–H and O–H groups in total. The van der Waals surface area contributed by atoms with Crippen molar-refractivity contribution in [1.29, 1.82) is 0 Å². The Morgan fingerprint density at radius 2 is 2.18 bits per heavy atom. The van der Waals surface area contributed by atoms with Gasteiger partial charge in [-0.3, -0.25) is 4.79 Å². The van der Waals surface area contributed by atoms with Crippen molar-refractivity contribution in [2.75, 3.05) is 19.7 Å². The van der Waals surface area contributed by atoms with Crippen molar-refractivity contribution in [1.82, 2.24) is 19.7 Å². The van der Waals surface area contributed by atoms with Gasteiger partial charge in [0.2, 0.25) is 5.91 Å². The number of rotatable bonds is 3. The molecule has 1 aliphatic heterocycles. The van der Waals surface area contributed by atoms with Gasteiger partial charge in [-0.2, -0.15) is 5.10 Å². The number of carbonyl (C=O) groups excluding carboxylic acids is 1. The van der Waals surface area contributed by atoms with Crippen molar-refractivity contribution in [3.8, 4) is 0 Å². The summed E-state index contributed by atoms with van der Waals surface area (Å²) in [5.41, 5.74) is 1.02. The smallest absolute Gasteiger partial charge is 0.247 e. The number of amides is 1. The minimum Gasteiger partial charge on any atom is -0.370 e. The summed E-state index contributed by atoms with van der Waals surface area (Å²) in [5, 5.41) is 4.72. The maximum Gasteiger partial charge on any atom is 0.247 e. The molecule has 22 heavy (non-hydrogen) atoms. The molecular weight excluding hydrogens is 304 g/mol. The van der Waals surface area contributed by atoms with Crippen LogP contribution in [-0.4, -0.2) is 45.3 Å². The molecule has 0 unspecified atom stereocenters. The van der Waals surface area contributed by atoms with E-state index in [1.54, 1.807) is 11.0 Å². The number of halogens is 1. The number of carbonyl (C=O) groups is 1. The highest BCUT2D eigenvalue weighted by Gasteiger charge is 2.29. The first-order valence-corrected chi connectivity index (χ1v) is 7.53. The van der Waals surface area contributed by atoms with Gasteiger partial charge in [-0.15, -0.1) is 0 Å². The Balaban J connectivity index is 1.70. The first-order chi connectivity index (χ1) is 10.6. The molecule has 0 radical (unpaired) electrons. The second-order valence-corrected chi connectivity index (χ2v) is 5.68. The Labute approximate surface area is 133 Å². The minimum atomic E-state index is -0.369. The highest BCUT2D eigenvalue weighted by atomic mass is 35.5. The van der Waals surface area contributed by atoms with Gasteiger partial charge in [-0.25, -0.2) is 9.67 Å². The summed E-state index contributed by atoms with van der Waals surface area (Å²) in [6, 6.07) is 7.16. The number of nitrogens with zero attached hydrogens (tertiary/aromatic N) is 4. The molecule has 2 atom stereocenters. The van der Waals surface area contributed by atoms with E-state index >= 15 is 0 Å². The van der Waals surface area contributed by atoms with Crippen LogP contribution in [0.25, 0.3) is 0 Å². The zero-order valence-electron chi connectivity index (χ0n) is 12.2. The first-order valence-electron chi connectivity index (χ1n) is 7.15. The second kappa shape index (κ2) is 6.46. The Bertz CT molecular complexity index is 630. The topological polar surface area (TPSA) is 60.2 Å². The molecule has 0 bridgehead atoms. The molecule has 6 nitrogen and oxygen atoms in total. The molecule has 116 valence electrons. The summed E-state index contributed by atoms with van der Waals surface area (Å²) < 4.78 is 7.35. The maximum atomic E-state index is 12.6. The van der Waals surface area contributed by atoms with Crippen molar-refractivity contribution in [3.05, 3.63) is 47.5 Å². The molecular formula is C15H17ClN4O2. The predicted molar refractivity (Wildman–Crippen MR) is 81.5 cm³/mol. The molecule has 1 aromatic carbocycles. The van der Waals surface area contributed by atoms with Crippen molar-refractivity contribution in [2.45, 2.75) is 19.1 Å². The molecule has 1 amide bonds. The van der Waals surface area contributed by atoms with Crippen LogP contribution in [0, 0.1) is 0 Å². The van der Waals surface area contributed by atoms with E-state index in [9.17, 15) is 4.79 Å². The number of aromatic nitrogens is 3. The lowest BCUT2D eigenvalue weighted by atomic mass is 10.1. The molecule has 0 saturated carbocycles. The SMILES string of the molecule is C[C@@H](C(=O)N1CCO[C@H](c2ccc(Cl)cc2)C1)n1cncn1. The Morgan fingerprint density at radius 1 is 1.41 bits per heavy atom. The third kappa shape index (κ3) is 3.13. The molecule has 1 saturated heterocycles. The summed E-state index contributed by atoms with van der Waals surface area (Å²) in [4.78, 5) is 18.3. The van der Waals surface area contributed by atoms with Gasteiger partial charge in [0.25, 0.3) is 0 Å². The lowest BCUT2D eigenvalue weighted by Gasteiger charge is -2.34. The van der Waals surface area contributed by atoms with Gasteiger partial charge in [-0.05, 0) is 24.6 Å². The van der Waals surface area contributed by atoms with Crippen LogP contribution in [-0.2, 0) is 9.53 Å². The monoisotopic (exact) mass is 320 g/mol. The van der Waals surface area contributed by atoms with Crippen LogP contribution in [0.1, 0.15) is 24.6 Å². The molecule has 3 rings (SSSR count). The van der Waals surface area contributed by atoms with Crippen molar-refractivity contribution in [3.63, 3.8) is 0 Å². The number of ether oxygens (including phenoxy) is 1. The van der Waals surface area contributed by atoms with E-state index < -0.39 is 0 Å². The lowest BCUT2D eigenvalue weighted by Crippen LogP contribution is -2.45. The normalized spacial score (nSPS) is 19.9. The summed E-state index contributed by atoms with van der Waals surface area (Å²) in [6.45, 7) is 3.45. The van der Waals surface area contributed by atoms with Gasteiger partial charge in [0.1, 0.15) is 24.8 Å². The fourth-order valence-corrected chi connectivity index (χ4v) is 2.65. The molecule has 7 heteroatoms. The quantitative estimate of drug-likeness (QED) is 0.869. The number of hydrogen-bond acceptors (Lipinski definition) is 4. The molecule has 0 spiro atoms. The highest BCUT2D eigenvalue weighted by Crippen LogP contribution is 2.25. The number of benzene rings is 1. The summed E-state index contributed by atoms with van der Waals surface area (Å²) in [5.74, 6) is 0.0211. The van der Waals surface area contributed by atoms with E-state index in [2.05, 4.69) is 10.1 Å². The standard InChI is InChI=1S/C15H17ClN4O2/c1-11(20-10-17-9-18-20)15(21)19-6-7-22-14(8-19)12-2-4-13(16)5-3-12/h2-5,9-11,14H,6-8H2,1H3/t11-,14-/m0/s1. The summed E-state index contributed by atoms with van der Waals surface area (Å²) in [7, 11) is 0. The fraction of sp³-hybridized carbons (Fsp3) is 0.400. The van der Waals surface area contributed by atoms with Gasteiger partial charge in [0.05, 0.1) is 13.2 Å². The number of hydrogen-bond donors (Lipinski definition) is 0. The zero-order chi connectivity index (χ0) is 15.5. The first kappa shape index (κ1) is 15.0. The van der Waals surface area contributed by atoms with Gasteiger partial charge in [0.15, 0.2) is 0 Å². The third-order valence-corrected chi connectivity index (χ3v) is 4.06. The highest BCUT2D eigenvalue weighted by molar-refractivity contribution is 6.30. The Hall–Kier alpha value is -1.92. The second-order valence-electron chi connectivity index (χ2n) is 5.25. The predicted octanol–water partition coefficient (Wildman–Crippen LogP) is 2.09. The zero-order valence-corrected chi connectivity index (χ0v) is 13.0. The lowest BCUT2D eigenvalue weighted by molar-refractivity contribution is -0.142. The molecule has 1 aromatic heterocycles. The van der Waals surface area contributed by atoms with Crippen molar-refractivity contribution < 1.29 is 9.53 Å². The summed E-state index contributed by atoms with van der Waals surface area (Å²) >= 11 is 5.91. The Morgan fingerprint density at radius 3 is 2.86 bits per heavy atom. The van der Waals surface area contributed by atoms with Crippen LogP contribution in [0.5, 0.6) is 0 Å². The van der Waals surface area contributed by atoms with Crippen LogP contribution in [0.4, 0.5) is 0 Å². The van der Waals surface area contributed by atoms with Crippen LogP contribution < -0.4 is 0 Å². The van der Waals surface area contributed by atoms with Crippen molar-refractivity contribution >= 4 is 17.5 Å². The van der Waals surface area contributed by atoms with E-state index in [1.165, 1.54) is 6.33 Å².